The lowest BCUT2D eigenvalue weighted by molar-refractivity contribution is -0.140. The molecule has 0 fully saturated rings. The number of hydrogen-bond donors (Lipinski definition) is 2. The van der Waals surface area contributed by atoms with Crippen LogP contribution in [0.2, 0.25) is 0 Å². The number of aromatic nitrogens is 5. The molecule has 2 heterocycles. The average Bonchev–Trinajstić information content (AvgIpc) is 2.91. The maximum Gasteiger partial charge on any atom is 0.307 e. The van der Waals surface area contributed by atoms with E-state index < -0.39 is 0 Å². The predicted octanol–water partition coefficient (Wildman–Crippen LogP) is -0.386. The Morgan fingerprint density at radius 1 is 1.47 bits per heavy atom. The van der Waals surface area contributed by atoms with Gasteiger partial charge in [0.15, 0.2) is 0 Å². The van der Waals surface area contributed by atoms with Crippen LogP contribution in [0.4, 0.5) is 11.9 Å². The molecule has 0 bridgehead atoms. The van der Waals surface area contributed by atoms with Crippen LogP contribution in [0.25, 0.3) is 5.95 Å². The van der Waals surface area contributed by atoms with E-state index in [0.717, 1.165) is 0 Å². The van der Waals surface area contributed by atoms with Crippen molar-refractivity contribution < 1.29 is 9.53 Å². The first-order valence-corrected chi connectivity index (χ1v) is 5.49. The van der Waals surface area contributed by atoms with Gasteiger partial charge in [-0.2, -0.15) is 15.0 Å². The Bertz CT molecular complexity index is 555. The molecule has 2 rings (SSSR count). The van der Waals surface area contributed by atoms with Gasteiger partial charge >= 0.3 is 5.97 Å². The van der Waals surface area contributed by atoms with E-state index in [1.807, 2.05) is 0 Å². The largest absolute Gasteiger partial charge is 0.469 e. The van der Waals surface area contributed by atoms with E-state index in [0.29, 0.717) is 18.4 Å². The Morgan fingerprint density at radius 3 is 3.00 bits per heavy atom. The highest BCUT2D eigenvalue weighted by Crippen LogP contribution is 2.06. The van der Waals surface area contributed by atoms with Crippen molar-refractivity contribution in [2.45, 2.75) is 6.42 Å². The predicted molar refractivity (Wildman–Crippen MR) is 66.5 cm³/mol. The standard InChI is InChI=1S/C10H13N7O2/c1-19-7(18)2-3-13-9-14-8(11)15-10(16-9)17-5-4-12-6-17/h4-6H,2-3H2,1H3,(H3,11,13,14,15,16). The summed E-state index contributed by atoms with van der Waals surface area (Å²) in [6, 6.07) is 0. The minimum absolute atomic E-state index is 0.0827. The molecule has 0 atom stereocenters. The molecule has 0 radical (unpaired) electrons. The number of carbonyl (C=O) groups is 1. The summed E-state index contributed by atoms with van der Waals surface area (Å²) < 4.78 is 6.13. The highest BCUT2D eigenvalue weighted by Gasteiger charge is 2.06. The summed E-state index contributed by atoms with van der Waals surface area (Å²) in [6.07, 6.45) is 5.05. The lowest BCUT2D eigenvalue weighted by atomic mass is 10.4. The van der Waals surface area contributed by atoms with E-state index >= 15 is 0 Å². The number of nitrogens with one attached hydrogen (secondary N) is 1. The summed E-state index contributed by atoms with van der Waals surface area (Å²) in [5.41, 5.74) is 5.60. The zero-order chi connectivity index (χ0) is 13.7. The van der Waals surface area contributed by atoms with E-state index in [1.54, 1.807) is 23.3 Å². The number of imidazole rings is 1. The number of methoxy groups -OCH3 is 1. The van der Waals surface area contributed by atoms with Gasteiger partial charge in [-0.1, -0.05) is 0 Å². The van der Waals surface area contributed by atoms with Crippen molar-refractivity contribution in [1.82, 2.24) is 24.5 Å². The van der Waals surface area contributed by atoms with Gasteiger partial charge in [0, 0.05) is 18.9 Å². The molecule has 0 spiro atoms. The number of nitrogens with zero attached hydrogens (tertiary/aromatic N) is 5. The fourth-order valence-electron chi connectivity index (χ4n) is 1.33. The molecular weight excluding hydrogens is 250 g/mol. The molecule has 100 valence electrons. The smallest absolute Gasteiger partial charge is 0.307 e. The molecule has 0 aliphatic rings. The van der Waals surface area contributed by atoms with Gasteiger partial charge in [0.05, 0.1) is 13.5 Å². The second-order valence-corrected chi connectivity index (χ2v) is 3.54. The first-order valence-electron chi connectivity index (χ1n) is 5.49. The van der Waals surface area contributed by atoms with Crippen LogP contribution in [0.5, 0.6) is 0 Å². The van der Waals surface area contributed by atoms with Gasteiger partial charge in [0.25, 0.3) is 0 Å². The van der Waals surface area contributed by atoms with Crippen LogP contribution in [0.15, 0.2) is 18.7 Å². The summed E-state index contributed by atoms with van der Waals surface area (Å²) in [6.45, 7) is 0.347. The molecule has 9 heteroatoms. The van der Waals surface area contributed by atoms with Crippen molar-refractivity contribution in [3.05, 3.63) is 18.7 Å². The lowest BCUT2D eigenvalue weighted by Crippen LogP contribution is -2.14. The second kappa shape index (κ2) is 5.76. The van der Waals surface area contributed by atoms with Crippen molar-refractivity contribution >= 4 is 17.9 Å². The summed E-state index contributed by atoms with van der Waals surface area (Å²) in [5, 5.41) is 2.88. The van der Waals surface area contributed by atoms with Gasteiger partial charge in [0.1, 0.15) is 6.33 Å². The van der Waals surface area contributed by atoms with E-state index in [2.05, 4.69) is 30.0 Å². The van der Waals surface area contributed by atoms with Crippen LogP contribution < -0.4 is 11.1 Å². The Morgan fingerprint density at radius 2 is 2.32 bits per heavy atom. The first kappa shape index (κ1) is 12.7. The van der Waals surface area contributed by atoms with Gasteiger partial charge in [-0.15, -0.1) is 0 Å². The normalized spacial score (nSPS) is 10.2. The quantitative estimate of drug-likeness (QED) is 0.700. The number of nitrogens with two attached hydrogens (primary N) is 1. The van der Waals surface area contributed by atoms with E-state index in [9.17, 15) is 4.79 Å². The maximum absolute atomic E-state index is 11.0. The van der Waals surface area contributed by atoms with Crippen LogP contribution in [0.1, 0.15) is 6.42 Å². The summed E-state index contributed by atoms with van der Waals surface area (Å²) in [4.78, 5) is 26.9. The average molecular weight is 263 g/mol. The number of rotatable bonds is 5. The molecule has 0 amide bonds. The molecular formula is C10H13N7O2. The van der Waals surface area contributed by atoms with Gasteiger partial charge < -0.3 is 15.8 Å². The lowest BCUT2D eigenvalue weighted by Gasteiger charge is -2.06. The third-order valence-corrected chi connectivity index (χ3v) is 2.22. The Labute approximate surface area is 108 Å². The van der Waals surface area contributed by atoms with Crippen LogP contribution >= 0.6 is 0 Å². The number of hydrogen-bond acceptors (Lipinski definition) is 8. The second-order valence-electron chi connectivity index (χ2n) is 3.54. The maximum atomic E-state index is 11.0. The number of anilines is 2. The molecule has 0 unspecified atom stereocenters. The number of carbonyl (C=O) groups excluding carboxylic acids is 1. The van der Waals surface area contributed by atoms with Gasteiger partial charge in [-0.3, -0.25) is 9.36 Å². The summed E-state index contributed by atoms with van der Waals surface area (Å²) in [5.74, 6) is 0.411. The number of esters is 1. The van der Waals surface area contributed by atoms with E-state index in [1.165, 1.54) is 7.11 Å². The molecule has 2 aromatic rings. The van der Waals surface area contributed by atoms with Crippen LogP contribution in [-0.4, -0.2) is 44.1 Å². The summed E-state index contributed by atoms with van der Waals surface area (Å²) in [7, 11) is 1.33. The minimum Gasteiger partial charge on any atom is -0.469 e. The van der Waals surface area contributed by atoms with Crippen molar-refractivity contribution in [3.63, 3.8) is 0 Å². The fourth-order valence-corrected chi connectivity index (χ4v) is 1.33. The van der Waals surface area contributed by atoms with Gasteiger partial charge in [-0.05, 0) is 0 Å². The molecule has 3 N–H and O–H groups in total. The molecule has 0 aliphatic heterocycles. The third kappa shape index (κ3) is 3.37. The highest BCUT2D eigenvalue weighted by atomic mass is 16.5. The molecule has 0 saturated heterocycles. The fraction of sp³-hybridized carbons (Fsp3) is 0.300. The monoisotopic (exact) mass is 263 g/mol. The highest BCUT2D eigenvalue weighted by molar-refractivity contribution is 5.69. The topological polar surface area (TPSA) is 121 Å². The zero-order valence-electron chi connectivity index (χ0n) is 10.3. The van der Waals surface area contributed by atoms with Crippen molar-refractivity contribution in [2.75, 3.05) is 24.7 Å². The third-order valence-electron chi connectivity index (χ3n) is 2.22. The minimum atomic E-state index is -0.315. The van der Waals surface area contributed by atoms with Crippen molar-refractivity contribution in [3.8, 4) is 5.95 Å². The van der Waals surface area contributed by atoms with Crippen LogP contribution in [0.3, 0.4) is 0 Å². The number of nitrogen functional groups attached to an aromatic ring is 1. The molecule has 0 aromatic carbocycles. The Balaban J connectivity index is 2.07. The van der Waals surface area contributed by atoms with Crippen molar-refractivity contribution in [2.24, 2.45) is 0 Å². The Hall–Kier alpha value is -2.71. The molecule has 0 saturated carbocycles. The summed E-state index contributed by atoms with van der Waals surface area (Å²) >= 11 is 0. The van der Waals surface area contributed by atoms with E-state index in [-0.39, 0.29) is 18.3 Å². The van der Waals surface area contributed by atoms with Crippen LogP contribution in [0, 0.1) is 0 Å². The van der Waals surface area contributed by atoms with Gasteiger partial charge in [-0.25, -0.2) is 4.98 Å². The first-order chi connectivity index (χ1) is 9.19. The SMILES string of the molecule is COC(=O)CCNc1nc(N)nc(-n2ccnc2)n1. The number of ether oxygens (including phenoxy) is 1. The zero-order valence-corrected chi connectivity index (χ0v) is 10.3. The molecule has 9 nitrogen and oxygen atoms in total. The van der Waals surface area contributed by atoms with Crippen LogP contribution in [-0.2, 0) is 9.53 Å². The van der Waals surface area contributed by atoms with Crippen molar-refractivity contribution in [1.29, 1.82) is 0 Å². The molecule has 0 aliphatic carbocycles. The Kier molecular flexibility index (Phi) is 3.86. The molecule has 2 aromatic heterocycles. The van der Waals surface area contributed by atoms with E-state index in [4.69, 9.17) is 5.73 Å². The molecule has 19 heavy (non-hydrogen) atoms. The van der Waals surface area contributed by atoms with Gasteiger partial charge in [0.2, 0.25) is 17.8 Å².